The van der Waals surface area contributed by atoms with E-state index in [1.54, 1.807) is 0 Å². The highest BCUT2D eigenvalue weighted by molar-refractivity contribution is 5.55. The van der Waals surface area contributed by atoms with E-state index in [0.717, 1.165) is 5.69 Å². The fourth-order valence-electron chi connectivity index (χ4n) is 2.24. The molecule has 1 aromatic rings. The molecule has 0 aromatic carbocycles. The van der Waals surface area contributed by atoms with Gasteiger partial charge in [-0.3, -0.25) is 4.98 Å². The van der Waals surface area contributed by atoms with Crippen molar-refractivity contribution >= 4 is 11.4 Å². The Morgan fingerprint density at radius 1 is 1.06 bits per heavy atom. The normalized spacial score (nSPS) is 17.7. The van der Waals surface area contributed by atoms with Gasteiger partial charge < -0.3 is 10.2 Å². The minimum absolute atomic E-state index is 1.10. The van der Waals surface area contributed by atoms with Gasteiger partial charge in [0.05, 0.1) is 23.8 Å². The van der Waals surface area contributed by atoms with Crippen LogP contribution in [0.25, 0.3) is 0 Å². The van der Waals surface area contributed by atoms with Crippen LogP contribution in [0.2, 0.25) is 0 Å². The number of rotatable bonds is 2. The van der Waals surface area contributed by atoms with Gasteiger partial charge in [0.2, 0.25) is 0 Å². The van der Waals surface area contributed by atoms with Gasteiger partial charge in [-0.2, -0.15) is 0 Å². The minimum Gasteiger partial charge on any atom is -0.387 e. The third-order valence-corrected chi connectivity index (χ3v) is 3.23. The molecule has 0 amide bonds. The SMILES string of the molecule is CNc1cncc(N2CCCCCCC2)c1. The molecule has 1 fully saturated rings. The summed E-state index contributed by atoms with van der Waals surface area (Å²) in [5.74, 6) is 0. The van der Waals surface area contributed by atoms with E-state index >= 15 is 0 Å². The fraction of sp³-hybridized carbons (Fsp3) is 0.615. The van der Waals surface area contributed by atoms with Gasteiger partial charge in [0, 0.05) is 20.1 Å². The van der Waals surface area contributed by atoms with Crippen LogP contribution >= 0.6 is 0 Å². The second-order valence-electron chi connectivity index (χ2n) is 4.44. The Balaban J connectivity index is 2.07. The zero-order valence-electron chi connectivity index (χ0n) is 10.1. The Bertz CT molecular complexity index is 317. The molecule has 0 saturated carbocycles. The highest BCUT2D eigenvalue weighted by Crippen LogP contribution is 2.20. The lowest BCUT2D eigenvalue weighted by atomic mass is 10.1. The first-order chi connectivity index (χ1) is 7.90. The number of hydrogen-bond donors (Lipinski definition) is 1. The highest BCUT2D eigenvalue weighted by Gasteiger charge is 2.09. The topological polar surface area (TPSA) is 28.2 Å². The number of aromatic nitrogens is 1. The third kappa shape index (κ3) is 2.87. The van der Waals surface area contributed by atoms with E-state index in [1.165, 1.54) is 50.9 Å². The van der Waals surface area contributed by atoms with Crippen LogP contribution in [0.4, 0.5) is 11.4 Å². The molecule has 0 aliphatic carbocycles. The summed E-state index contributed by atoms with van der Waals surface area (Å²) in [6.07, 6.45) is 10.6. The molecule has 1 saturated heterocycles. The van der Waals surface area contributed by atoms with Crippen LogP contribution in [0.5, 0.6) is 0 Å². The van der Waals surface area contributed by atoms with Gasteiger partial charge in [-0.05, 0) is 18.9 Å². The molecule has 3 heteroatoms. The van der Waals surface area contributed by atoms with E-state index < -0.39 is 0 Å². The van der Waals surface area contributed by atoms with E-state index in [9.17, 15) is 0 Å². The lowest BCUT2D eigenvalue weighted by molar-refractivity contribution is 0.556. The molecule has 88 valence electrons. The van der Waals surface area contributed by atoms with Crippen LogP contribution in [-0.4, -0.2) is 25.1 Å². The first-order valence-corrected chi connectivity index (χ1v) is 6.28. The number of nitrogens with one attached hydrogen (secondary N) is 1. The second kappa shape index (κ2) is 5.73. The zero-order valence-corrected chi connectivity index (χ0v) is 10.1. The quantitative estimate of drug-likeness (QED) is 0.829. The molecule has 0 bridgehead atoms. The zero-order chi connectivity index (χ0) is 11.2. The van der Waals surface area contributed by atoms with Crippen molar-refractivity contribution in [3.63, 3.8) is 0 Å². The highest BCUT2D eigenvalue weighted by atomic mass is 15.1. The van der Waals surface area contributed by atoms with E-state index in [4.69, 9.17) is 0 Å². The average molecular weight is 219 g/mol. The van der Waals surface area contributed by atoms with Crippen molar-refractivity contribution in [1.82, 2.24) is 4.98 Å². The molecule has 0 spiro atoms. The molecule has 0 radical (unpaired) electrons. The molecule has 1 aliphatic rings. The second-order valence-corrected chi connectivity index (χ2v) is 4.44. The molecule has 1 aromatic heterocycles. The van der Waals surface area contributed by atoms with Crippen LogP contribution < -0.4 is 10.2 Å². The number of pyridine rings is 1. The third-order valence-electron chi connectivity index (χ3n) is 3.23. The van der Waals surface area contributed by atoms with Crippen LogP contribution in [0.3, 0.4) is 0 Å². The largest absolute Gasteiger partial charge is 0.387 e. The van der Waals surface area contributed by atoms with Crippen molar-refractivity contribution in [1.29, 1.82) is 0 Å². The summed E-state index contributed by atoms with van der Waals surface area (Å²) in [5.41, 5.74) is 2.35. The molecule has 0 atom stereocenters. The first-order valence-electron chi connectivity index (χ1n) is 6.28. The standard InChI is InChI=1S/C13H21N3/c1-14-12-9-13(11-15-10-12)16-7-5-3-2-4-6-8-16/h9-11,14H,2-8H2,1H3. The summed E-state index contributed by atoms with van der Waals surface area (Å²) in [4.78, 5) is 6.75. The van der Waals surface area contributed by atoms with Crippen LogP contribution in [0, 0.1) is 0 Å². The summed E-state index contributed by atoms with van der Waals surface area (Å²) in [7, 11) is 1.94. The van der Waals surface area contributed by atoms with E-state index in [-0.39, 0.29) is 0 Å². The van der Waals surface area contributed by atoms with E-state index in [0.29, 0.717) is 0 Å². The van der Waals surface area contributed by atoms with Crippen molar-refractivity contribution in [2.75, 3.05) is 30.4 Å². The van der Waals surface area contributed by atoms with Crippen molar-refractivity contribution in [3.05, 3.63) is 18.5 Å². The average Bonchev–Trinajstić information content (AvgIpc) is 2.29. The van der Waals surface area contributed by atoms with Gasteiger partial charge in [-0.15, -0.1) is 0 Å². The molecular formula is C13H21N3. The maximum Gasteiger partial charge on any atom is 0.0573 e. The maximum atomic E-state index is 4.28. The lowest BCUT2D eigenvalue weighted by Gasteiger charge is -2.26. The van der Waals surface area contributed by atoms with Crippen molar-refractivity contribution in [3.8, 4) is 0 Å². The number of hydrogen-bond acceptors (Lipinski definition) is 3. The monoisotopic (exact) mass is 219 g/mol. The number of anilines is 2. The van der Waals surface area contributed by atoms with Crippen molar-refractivity contribution in [2.45, 2.75) is 32.1 Å². The molecule has 1 N–H and O–H groups in total. The predicted molar refractivity (Wildman–Crippen MR) is 69.1 cm³/mol. The molecule has 2 heterocycles. The molecule has 0 unspecified atom stereocenters. The molecule has 3 nitrogen and oxygen atoms in total. The van der Waals surface area contributed by atoms with Gasteiger partial charge in [0.1, 0.15) is 0 Å². The molecule has 1 aliphatic heterocycles. The summed E-state index contributed by atoms with van der Waals surface area (Å²) in [5, 5.41) is 3.15. The summed E-state index contributed by atoms with van der Waals surface area (Å²) in [6.45, 7) is 2.35. The molecule has 16 heavy (non-hydrogen) atoms. The van der Waals surface area contributed by atoms with E-state index in [2.05, 4.69) is 21.3 Å². The predicted octanol–water partition coefficient (Wildman–Crippen LogP) is 2.89. The van der Waals surface area contributed by atoms with Crippen molar-refractivity contribution < 1.29 is 0 Å². The Labute approximate surface area is 97.9 Å². The fourth-order valence-corrected chi connectivity index (χ4v) is 2.24. The van der Waals surface area contributed by atoms with Crippen LogP contribution in [0.15, 0.2) is 18.5 Å². The Kier molecular flexibility index (Phi) is 4.03. The summed E-state index contributed by atoms with van der Waals surface area (Å²) in [6, 6.07) is 2.19. The van der Waals surface area contributed by atoms with Gasteiger partial charge >= 0.3 is 0 Å². The maximum absolute atomic E-state index is 4.28. The number of nitrogens with zero attached hydrogens (tertiary/aromatic N) is 2. The smallest absolute Gasteiger partial charge is 0.0573 e. The van der Waals surface area contributed by atoms with Gasteiger partial charge in [-0.1, -0.05) is 19.3 Å². The van der Waals surface area contributed by atoms with Crippen LogP contribution in [-0.2, 0) is 0 Å². The van der Waals surface area contributed by atoms with Crippen LogP contribution in [0.1, 0.15) is 32.1 Å². The first kappa shape index (κ1) is 11.2. The molecular weight excluding hydrogens is 198 g/mol. The lowest BCUT2D eigenvalue weighted by Crippen LogP contribution is -2.27. The molecule has 2 rings (SSSR count). The van der Waals surface area contributed by atoms with Crippen molar-refractivity contribution in [2.24, 2.45) is 0 Å². The van der Waals surface area contributed by atoms with Gasteiger partial charge in [0.25, 0.3) is 0 Å². The Morgan fingerprint density at radius 2 is 1.75 bits per heavy atom. The Hall–Kier alpha value is -1.25. The van der Waals surface area contributed by atoms with Gasteiger partial charge in [0.15, 0.2) is 0 Å². The summed E-state index contributed by atoms with van der Waals surface area (Å²) < 4.78 is 0. The minimum atomic E-state index is 1.10. The Morgan fingerprint density at radius 3 is 2.44 bits per heavy atom. The van der Waals surface area contributed by atoms with Gasteiger partial charge in [-0.25, -0.2) is 0 Å². The summed E-state index contributed by atoms with van der Waals surface area (Å²) >= 11 is 0. The van der Waals surface area contributed by atoms with E-state index in [1.807, 2.05) is 19.4 Å².